The third-order valence-corrected chi connectivity index (χ3v) is 2.35. The van der Waals surface area contributed by atoms with Gasteiger partial charge in [0.25, 0.3) is 0 Å². The number of hydrogen-bond acceptors (Lipinski definition) is 5. The van der Waals surface area contributed by atoms with Crippen LogP contribution < -0.4 is 5.32 Å². The monoisotopic (exact) mass is 187 g/mol. The van der Waals surface area contributed by atoms with E-state index < -0.39 is 0 Å². The second-order valence-electron chi connectivity index (χ2n) is 2.29. The van der Waals surface area contributed by atoms with Gasteiger partial charge in [-0.15, -0.1) is 5.10 Å². The average molecular weight is 187 g/mol. The lowest BCUT2D eigenvalue weighted by molar-refractivity contribution is 0.664. The van der Waals surface area contributed by atoms with Crippen molar-refractivity contribution in [1.82, 2.24) is 25.5 Å². The van der Waals surface area contributed by atoms with E-state index in [1.54, 1.807) is 16.4 Å². The summed E-state index contributed by atoms with van der Waals surface area (Å²) < 4.78 is 1.68. The predicted octanol–water partition coefficient (Wildman–Crippen LogP) is -0.0883. The van der Waals surface area contributed by atoms with E-state index in [0.717, 1.165) is 24.0 Å². The summed E-state index contributed by atoms with van der Waals surface area (Å²) in [7, 11) is 1.84. The van der Waals surface area contributed by atoms with Gasteiger partial charge in [-0.2, -0.15) is 0 Å². The molecule has 0 bridgehead atoms. The fraction of sp³-hybridized carbons (Fsp3) is 0.833. The van der Waals surface area contributed by atoms with Gasteiger partial charge in [0.05, 0.1) is 0 Å². The first kappa shape index (κ1) is 9.47. The highest BCUT2D eigenvalue weighted by molar-refractivity contribution is 7.99. The number of nitrogens with zero attached hydrogens (tertiary/aromatic N) is 4. The molecule has 0 aliphatic heterocycles. The van der Waals surface area contributed by atoms with Gasteiger partial charge in [-0.25, -0.2) is 4.68 Å². The van der Waals surface area contributed by atoms with Gasteiger partial charge in [0.1, 0.15) is 0 Å². The van der Waals surface area contributed by atoms with Crippen LogP contribution in [0.2, 0.25) is 0 Å². The van der Waals surface area contributed by atoms with Crippen molar-refractivity contribution in [3.8, 4) is 0 Å². The maximum Gasteiger partial charge on any atom is 0.209 e. The van der Waals surface area contributed by atoms with Crippen LogP contribution in [0.15, 0.2) is 5.16 Å². The molecule has 0 radical (unpaired) electrons. The number of aryl methyl sites for hydroxylation is 1. The topological polar surface area (TPSA) is 55.6 Å². The molecular formula is C6H13N5S. The van der Waals surface area contributed by atoms with Crippen LogP contribution >= 0.6 is 11.8 Å². The Morgan fingerprint density at radius 3 is 3.00 bits per heavy atom. The largest absolute Gasteiger partial charge is 0.316 e. The smallest absolute Gasteiger partial charge is 0.209 e. The molecular weight excluding hydrogens is 174 g/mol. The molecule has 6 heteroatoms. The lowest BCUT2D eigenvalue weighted by Gasteiger charge is -1.99. The SMILES string of the molecule is CCNCCSc1nnnn1C. The Morgan fingerprint density at radius 2 is 2.42 bits per heavy atom. The Balaban J connectivity index is 2.20. The second-order valence-corrected chi connectivity index (χ2v) is 3.35. The lowest BCUT2D eigenvalue weighted by atomic mass is 10.7. The molecule has 1 heterocycles. The van der Waals surface area contributed by atoms with Crippen molar-refractivity contribution in [2.24, 2.45) is 7.05 Å². The molecule has 0 saturated heterocycles. The molecule has 68 valence electrons. The van der Waals surface area contributed by atoms with E-state index in [-0.39, 0.29) is 0 Å². The van der Waals surface area contributed by atoms with E-state index in [1.165, 1.54) is 0 Å². The van der Waals surface area contributed by atoms with Crippen molar-refractivity contribution < 1.29 is 0 Å². The molecule has 0 aromatic carbocycles. The van der Waals surface area contributed by atoms with Gasteiger partial charge in [-0.3, -0.25) is 0 Å². The van der Waals surface area contributed by atoms with Crippen molar-refractivity contribution in [2.75, 3.05) is 18.8 Å². The van der Waals surface area contributed by atoms with Gasteiger partial charge in [-0.1, -0.05) is 18.7 Å². The molecule has 0 aliphatic carbocycles. The highest BCUT2D eigenvalue weighted by atomic mass is 32.2. The Kier molecular flexibility index (Phi) is 4.02. The molecule has 1 N–H and O–H groups in total. The first-order valence-corrected chi connectivity index (χ1v) is 4.89. The van der Waals surface area contributed by atoms with Crippen LogP contribution in [0, 0.1) is 0 Å². The van der Waals surface area contributed by atoms with Gasteiger partial charge < -0.3 is 5.32 Å². The molecule has 0 aliphatic rings. The molecule has 0 fully saturated rings. The number of thioether (sulfide) groups is 1. The minimum atomic E-state index is 0.868. The lowest BCUT2D eigenvalue weighted by Crippen LogP contribution is -2.16. The minimum Gasteiger partial charge on any atom is -0.316 e. The summed E-state index contributed by atoms with van der Waals surface area (Å²) in [6.07, 6.45) is 0. The zero-order valence-corrected chi connectivity index (χ0v) is 8.13. The van der Waals surface area contributed by atoms with Crippen molar-refractivity contribution in [2.45, 2.75) is 12.1 Å². The second kappa shape index (κ2) is 5.10. The average Bonchev–Trinajstić information content (AvgIpc) is 2.46. The number of hydrogen-bond donors (Lipinski definition) is 1. The summed E-state index contributed by atoms with van der Waals surface area (Å²) in [4.78, 5) is 0. The Bertz CT molecular complexity index is 223. The van der Waals surface area contributed by atoms with Crippen molar-refractivity contribution in [3.05, 3.63) is 0 Å². The van der Waals surface area contributed by atoms with Crippen LogP contribution in [0.1, 0.15) is 6.92 Å². The first-order chi connectivity index (χ1) is 5.84. The van der Waals surface area contributed by atoms with Gasteiger partial charge >= 0.3 is 0 Å². The van der Waals surface area contributed by atoms with Crippen molar-refractivity contribution in [1.29, 1.82) is 0 Å². The molecule has 1 aromatic heterocycles. The van der Waals surface area contributed by atoms with Crippen LogP contribution in [0.25, 0.3) is 0 Å². The van der Waals surface area contributed by atoms with Gasteiger partial charge in [0.2, 0.25) is 5.16 Å². The quantitative estimate of drug-likeness (QED) is 0.516. The summed E-state index contributed by atoms with van der Waals surface area (Å²) in [5.74, 6) is 1.00. The zero-order valence-electron chi connectivity index (χ0n) is 7.32. The Morgan fingerprint density at radius 1 is 1.58 bits per heavy atom. The van der Waals surface area contributed by atoms with Gasteiger partial charge in [0, 0.05) is 19.3 Å². The van der Waals surface area contributed by atoms with E-state index in [1.807, 2.05) is 7.05 Å². The number of tetrazole rings is 1. The molecule has 12 heavy (non-hydrogen) atoms. The summed E-state index contributed by atoms with van der Waals surface area (Å²) >= 11 is 1.66. The molecule has 0 spiro atoms. The predicted molar refractivity (Wildman–Crippen MR) is 48.1 cm³/mol. The van der Waals surface area contributed by atoms with E-state index in [9.17, 15) is 0 Å². The molecule has 5 nitrogen and oxygen atoms in total. The molecule has 1 aromatic rings. The van der Waals surface area contributed by atoms with Crippen LogP contribution in [-0.2, 0) is 7.05 Å². The van der Waals surface area contributed by atoms with E-state index >= 15 is 0 Å². The van der Waals surface area contributed by atoms with Gasteiger partial charge in [-0.05, 0) is 17.0 Å². The van der Waals surface area contributed by atoms with E-state index in [0.29, 0.717) is 0 Å². The van der Waals surface area contributed by atoms with Crippen molar-refractivity contribution in [3.63, 3.8) is 0 Å². The van der Waals surface area contributed by atoms with Crippen LogP contribution in [0.5, 0.6) is 0 Å². The summed E-state index contributed by atoms with van der Waals surface area (Å²) in [6, 6.07) is 0. The third kappa shape index (κ3) is 2.78. The highest BCUT2D eigenvalue weighted by Crippen LogP contribution is 2.10. The standard InChI is InChI=1S/C6H13N5S/c1-3-7-4-5-12-6-8-9-10-11(6)2/h7H,3-5H2,1-2H3. The molecule has 0 saturated carbocycles. The van der Waals surface area contributed by atoms with Gasteiger partial charge in [0.15, 0.2) is 0 Å². The maximum atomic E-state index is 3.85. The van der Waals surface area contributed by atoms with Crippen molar-refractivity contribution >= 4 is 11.8 Å². The summed E-state index contributed by atoms with van der Waals surface area (Å²) in [5.41, 5.74) is 0. The first-order valence-electron chi connectivity index (χ1n) is 3.90. The number of nitrogens with one attached hydrogen (secondary N) is 1. The van der Waals surface area contributed by atoms with Crippen LogP contribution in [0.4, 0.5) is 0 Å². The molecule has 1 rings (SSSR count). The molecule has 0 atom stereocenters. The summed E-state index contributed by atoms with van der Waals surface area (Å²) in [5, 5.41) is 15.2. The fourth-order valence-electron chi connectivity index (χ4n) is 0.735. The van der Waals surface area contributed by atoms with E-state index in [2.05, 4.69) is 27.8 Å². The normalized spacial score (nSPS) is 10.5. The van der Waals surface area contributed by atoms with Crippen LogP contribution in [-0.4, -0.2) is 39.0 Å². The number of rotatable bonds is 5. The maximum absolute atomic E-state index is 3.85. The minimum absolute atomic E-state index is 0.868. The zero-order chi connectivity index (χ0) is 8.81. The highest BCUT2D eigenvalue weighted by Gasteiger charge is 2.00. The Labute approximate surface area is 75.9 Å². The Hall–Kier alpha value is -0.620. The third-order valence-electron chi connectivity index (χ3n) is 1.34. The van der Waals surface area contributed by atoms with E-state index in [4.69, 9.17) is 0 Å². The van der Waals surface area contributed by atoms with Crippen LogP contribution in [0.3, 0.4) is 0 Å². The number of aromatic nitrogens is 4. The fourth-order valence-corrected chi connectivity index (χ4v) is 1.48. The molecule has 0 amide bonds. The summed E-state index contributed by atoms with van der Waals surface area (Å²) in [6.45, 7) is 4.10. The molecule has 0 unspecified atom stereocenters.